The molecule has 1 fully saturated rings. The van der Waals surface area contributed by atoms with Crippen LogP contribution in [0.2, 0.25) is 0 Å². The highest BCUT2D eigenvalue weighted by atomic mass is 32.2. The third kappa shape index (κ3) is 4.09. The first-order valence-electron chi connectivity index (χ1n) is 9.76. The number of aromatic nitrogens is 3. The van der Waals surface area contributed by atoms with Crippen LogP contribution >= 0.6 is 11.8 Å². The molecule has 0 bridgehead atoms. The molecule has 1 aliphatic rings. The standard InChI is InChI=1S/C21H24N4O3S2/c1-14-11-15(2)23-25-20(14)19(16-7-5-4-6-8-16)22-21(25)29-12-18(26)24(3)17-9-10-30(27,28)13-17/h4-8,11,17H,9-10,12-13H2,1-3H3/t17-/m0/s1. The first kappa shape index (κ1) is 20.9. The van der Waals surface area contributed by atoms with Crippen LogP contribution in [0.1, 0.15) is 17.7 Å². The summed E-state index contributed by atoms with van der Waals surface area (Å²) in [6, 6.07) is 11.7. The van der Waals surface area contributed by atoms with E-state index in [2.05, 4.69) is 5.10 Å². The molecule has 3 aromatic rings. The van der Waals surface area contributed by atoms with E-state index in [-0.39, 0.29) is 29.2 Å². The molecule has 30 heavy (non-hydrogen) atoms. The number of thioether (sulfide) groups is 1. The molecule has 4 rings (SSSR count). The highest BCUT2D eigenvalue weighted by Gasteiger charge is 2.32. The van der Waals surface area contributed by atoms with Gasteiger partial charge in [-0.2, -0.15) is 5.10 Å². The Balaban J connectivity index is 1.61. The molecule has 0 saturated carbocycles. The van der Waals surface area contributed by atoms with Crippen molar-refractivity contribution in [3.05, 3.63) is 47.7 Å². The topological polar surface area (TPSA) is 84.6 Å². The molecule has 3 heterocycles. The summed E-state index contributed by atoms with van der Waals surface area (Å²) in [4.78, 5) is 19.1. The van der Waals surface area contributed by atoms with Gasteiger partial charge in [0.25, 0.3) is 0 Å². The Bertz CT molecular complexity index is 1210. The molecule has 7 nitrogen and oxygen atoms in total. The number of aryl methyl sites for hydroxylation is 2. The van der Waals surface area contributed by atoms with Gasteiger partial charge < -0.3 is 4.90 Å². The number of fused-ring (bicyclic) bond motifs is 1. The lowest BCUT2D eigenvalue weighted by Crippen LogP contribution is -2.38. The number of nitrogens with zero attached hydrogens (tertiary/aromatic N) is 4. The summed E-state index contributed by atoms with van der Waals surface area (Å²) in [5.74, 6) is 0.264. The third-order valence-electron chi connectivity index (χ3n) is 5.40. The summed E-state index contributed by atoms with van der Waals surface area (Å²) >= 11 is 1.33. The Hall–Kier alpha value is -2.39. The minimum Gasteiger partial charge on any atom is -0.341 e. The fraction of sp³-hybridized carbons (Fsp3) is 0.381. The quantitative estimate of drug-likeness (QED) is 0.563. The molecule has 1 saturated heterocycles. The van der Waals surface area contributed by atoms with Gasteiger partial charge in [0, 0.05) is 18.7 Å². The molecule has 1 aromatic carbocycles. The highest BCUT2D eigenvalue weighted by molar-refractivity contribution is 7.99. The van der Waals surface area contributed by atoms with Gasteiger partial charge in [0.1, 0.15) is 0 Å². The lowest BCUT2D eigenvalue weighted by atomic mass is 10.1. The van der Waals surface area contributed by atoms with E-state index in [1.165, 1.54) is 11.8 Å². The van der Waals surface area contributed by atoms with Crippen LogP contribution in [0.15, 0.2) is 41.6 Å². The second-order valence-electron chi connectivity index (χ2n) is 7.69. The van der Waals surface area contributed by atoms with Gasteiger partial charge in [-0.05, 0) is 31.9 Å². The molecule has 0 unspecified atom stereocenters. The summed E-state index contributed by atoms with van der Waals surface area (Å²) in [5, 5.41) is 5.28. The minimum atomic E-state index is -3.03. The lowest BCUT2D eigenvalue weighted by molar-refractivity contribution is -0.128. The molecule has 0 radical (unpaired) electrons. The summed E-state index contributed by atoms with van der Waals surface area (Å²) in [6.45, 7) is 3.97. The van der Waals surface area contributed by atoms with Crippen LogP contribution in [-0.2, 0) is 14.6 Å². The molecule has 9 heteroatoms. The first-order chi connectivity index (χ1) is 14.2. The second-order valence-corrected chi connectivity index (χ2v) is 10.9. The van der Waals surface area contributed by atoms with Gasteiger partial charge in [-0.1, -0.05) is 42.1 Å². The third-order valence-corrected chi connectivity index (χ3v) is 8.07. The Morgan fingerprint density at radius 1 is 1.27 bits per heavy atom. The molecule has 0 aliphatic carbocycles. The van der Waals surface area contributed by atoms with E-state index >= 15 is 0 Å². The summed E-state index contributed by atoms with van der Waals surface area (Å²) in [7, 11) is -1.35. The van der Waals surface area contributed by atoms with E-state index in [0.29, 0.717) is 11.6 Å². The molecule has 158 valence electrons. The normalized spacial score (nSPS) is 18.0. The van der Waals surface area contributed by atoms with Gasteiger partial charge in [0.15, 0.2) is 15.0 Å². The predicted octanol–water partition coefficient (Wildman–Crippen LogP) is 2.75. The van der Waals surface area contributed by atoms with Crippen molar-refractivity contribution in [3.8, 4) is 11.3 Å². The summed E-state index contributed by atoms with van der Waals surface area (Å²) in [5.41, 5.74) is 4.71. The van der Waals surface area contributed by atoms with Gasteiger partial charge in [0.2, 0.25) is 5.91 Å². The molecule has 1 aliphatic heterocycles. The Labute approximate surface area is 180 Å². The molecule has 2 aromatic heterocycles. The van der Waals surface area contributed by atoms with Crippen LogP contribution in [0, 0.1) is 13.8 Å². The maximum absolute atomic E-state index is 12.7. The van der Waals surface area contributed by atoms with Crippen LogP contribution < -0.4 is 0 Å². The van der Waals surface area contributed by atoms with Crippen molar-refractivity contribution in [1.29, 1.82) is 0 Å². The van der Waals surface area contributed by atoms with Crippen molar-refractivity contribution < 1.29 is 13.2 Å². The van der Waals surface area contributed by atoms with E-state index in [4.69, 9.17) is 4.98 Å². The number of carbonyl (C=O) groups is 1. The SMILES string of the molecule is Cc1cc(C)c2c(-c3ccccc3)nc(SCC(=O)N(C)[C@H]3CCS(=O)(=O)C3)n2n1. The van der Waals surface area contributed by atoms with Crippen LogP contribution in [0.3, 0.4) is 0 Å². The van der Waals surface area contributed by atoms with Crippen molar-refractivity contribution in [3.63, 3.8) is 0 Å². The number of rotatable bonds is 5. The predicted molar refractivity (Wildman–Crippen MR) is 118 cm³/mol. The summed E-state index contributed by atoms with van der Waals surface area (Å²) < 4.78 is 25.3. The largest absolute Gasteiger partial charge is 0.341 e. The zero-order valence-electron chi connectivity index (χ0n) is 17.2. The van der Waals surface area contributed by atoms with Crippen molar-refractivity contribution in [2.24, 2.45) is 0 Å². The lowest BCUT2D eigenvalue weighted by Gasteiger charge is -2.23. The van der Waals surface area contributed by atoms with Crippen LogP contribution in [-0.4, -0.2) is 64.2 Å². The Morgan fingerprint density at radius 3 is 2.67 bits per heavy atom. The van der Waals surface area contributed by atoms with Crippen LogP contribution in [0.4, 0.5) is 0 Å². The zero-order chi connectivity index (χ0) is 21.5. The second kappa shape index (κ2) is 8.03. The number of amides is 1. The number of imidazole rings is 1. The Morgan fingerprint density at radius 2 is 2.00 bits per heavy atom. The van der Waals surface area contributed by atoms with E-state index in [9.17, 15) is 13.2 Å². The fourth-order valence-corrected chi connectivity index (χ4v) is 6.45. The smallest absolute Gasteiger partial charge is 0.233 e. The maximum atomic E-state index is 12.7. The van der Waals surface area contributed by atoms with Crippen molar-refractivity contribution in [2.45, 2.75) is 31.5 Å². The van der Waals surface area contributed by atoms with Gasteiger partial charge >= 0.3 is 0 Å². The Kier molecular flexibility index (Phi) is 5.59. The number of sulfone groups is 1. The number of benzene rings is 1. The molecule has 1 atom stereocenters. The van der Waals surface area contributed by atoms with Gasteiger partial charge in [-0.15, -0.1) is 0 Å². The fourth-order valence-electron chi connectivity index (χ4n) is 3.81. The van der Waals surface area contributed by atoms with Crippen molar-refractivity contribution in [2.75, 3.05) is 24.3 Å². The van der Waals surface area contributed by atoms with Crippen molar-refractivity contribution >= 4 is 33.0 Å². The average Bonchev–Trinajstić information content (AvgIpc) is 3.26. The monoisotopic (exact) mass is 444 g/mol. The van der Waals surface area contributed by atoms with E-state index in [0.717, 1.165) is 28.0 Å². The minimum absolute atomic E-state index is 0.0459. The number of hydrogen-bond donors (Lipinski definition) is 0. The van der Waals surface area contributed by atoms with E-state index < -0.39 is 9.84 Å². The summed E-state index contributed by atoms with van der Waals surface area (Å²) in [6.07, 6.45) is 0.500. The average molecular weight is 445 g/mol. The van der Waals surface area contributed by atoms with E-state index in [1.807, 2.05) is 54.8 Å². The van der Waals surface area contributed by atoms with Gasteiger partial charge in [0.05, 0.1) is 34.2 Å². The van der Waals surface area contributed by atoms with Crippen molar-refractivity contribution in [1.82, 2.24) is 19.5 Å². The highest BCUT2D eigenvalue weighted by Crippen LogP contribution is 2.31. The molecule has 1 amide bonds. The zero-order valence-corrected chi connectivity index (χ0v) is 18.8. The van der Waals surface area contributed by atoms with Crippen LogP contribution in [0.5, 0.6) is 0 Å². The molecule has 0 N–H and O–H groups in total. The first-order valence-corrected chi connectivity index (χ1v) is 12.6. The van der Waals surface area contributed by atoms with E-state index in [1.54, 1.807) is 11.9 Å². The number of carbonyl (C=O) groups excluding carboxylic acids is 1. The molecular formula is C21H24N4O3S2. The maximum Gasteiger partial charge on any atom is 0.233 e. The molecule has 0 spiro atoms. The molecular weight excluding hydrogens is 420 g/mol. The van der Waals surface area contributed by atoms with Gasteiger partial charge in [-0.25, -0.2) is 17.9 Å². The van der Waals surface area contributed by atoms with Crippen LogP contribution in [0.25, 0.3) is 16.8 Å². The van der Waals surface area contributed by atoms with Gasteiger partial charge in [-0.3, -0.25) is 4.79 Å². The number of hydrogen-bond acceptors (Lipinski definition) is 6.